The predicted molar refractivity (Wildman–Crippen MR) is 98.2 cm³/mol. The molecule has 11 heteroatoms. The third kappa shape index (κ3) is 4.99. The summed E-state index contributed by atoms with van der Waals surface area (Å²) in [6.45, 7) is 1.40. The number of nitrogens with one attached hydrogen (secondary N) is 1. The molecule has 27 heavy (non-hydrogen) atoms. The minimum atomic E-state index is -1.44. The van der Waals surface area contributed by atoms with Crippen LogP contribution in [0.2, 0.25) is 0 Å². The summed E-state index contributed by atoms with van der Waals surface area (Å²) < 4.78 is 0. The summed E-state index contributed by atoms with van der Waals surface area (Å²) in [5, 5.41) is 15.5. The van der Waals surface area contributed by atoms with Crippen LogP contribution in [0.25, 0.3) is 0 Å². The Balaban J connectivity index is 0.00000261. The molecule has 0 saturated carbocycles. The maximum atomic E-state index is 12.4. The fraction of sp³-hybridized carbons (Fsp3) is 0.375. The summed E-state index contributed by atoms with van der Waals surface area (Å²) in [7, 11) is 0. The van der Waals surface area contributed by atoms with E-state index in [1.165, 1.54) is 30.0 Å². The molecule has 1 aromatic rings. The van der Waals surface area contributed by atoms with Crippen LogP contribution in [0, 0.1) is 0 Å². The third-order valence-corrected chi connectivity index (χ3v) is 7.04. The van der Waals surface area contributed by atoms with Gasteiger partial charge in [0.05, 0.1) is 18.1 Å². The molecule has 0 aromatic carbocycles. The first-order chi connectivity index (χ1) is 12.4. The van der Waals surface area contributed by atoms with E-state index >= 15 is 0 Å². The van der Waals surface area contributed by atoms with Crippen molar-refractivity contribution in [2.45, 2.75) is 24.8 Å². The molecule has 0 bridgehead atoms. The van der Waals surface area contributed by atoms with Gasteiger partial charge in [0.1, 0.15) is 11.4 Å². The summed E-state index contributed by atoms with van der Waals surface area (Å²) in [6, 6.07) is 2.94. The number of rotatable bonds is 6. The molecule has 7 nitrogen and oxygen atoms in total. The van der Waals surface area contributed by atoms with Crippen LogP contribution in [0.3, 0.4) is 0 Å². The molecule has 1 fully saturated rings. The van der Waals surface area contributed by atoms with Gasteiger partial charge in [0.25, 0.3) is 5.91 Å². The molecule has 1 aromatic heterocycles. The van der Waals surface area contributed by atoms with Gasteiger partial charge in [0.15, 0.2) is 5.12 Å². The van der Waals surface area contributed by atoms with Gasteiger partial charge in [-0.2, -0.15) is 0 Å². The summed E-state index contributed by atoms with van der Waals surface area (Å²) >= 11 is 3.82. The molecule has 138 valence electrons. The van der Waals surface area contributed by atoms with Gasteiger partial charge in [-0.1, -0.05) is 17.8 Å². The number of thiophene rings is 1. The van der Waals surface area contributed by atoms with Crippen molar-refractivity contribution < 1.29 is 53.8 Å². The molecule has 0 spiro atoms. The van der Waals surface area contributed by atoms with Crippen LogP contribution >= 0.6 is 34.9 Å². The maximum absolute atomic E-state index is 12.4. The first kappa shape index (κ1) is 22.5. The number of nitrogens with zero attached hydrogens (tertiary/aromatic N) is 1. The molecule has 3 rings (SSSR count). The minimum absolute atomic E-state index is 0. The van der Waals surface area contributed by atoms with E-state index in [1.807, 2.05) is 17.5 Å². The van der Waals surface area contributed by atoms with Gasteiger partial charge >= 0.3 is 29.6 Å². The van der Waals surface area contributed by atoms with Crippen molar-refractivity contribution in [2.75, 3.05) is 11.5 Å². The van der Waals surface area contributed by atoms with E-state index in [1.54, 1.807) is 0 Å². The van der Waals surface area contributed by atoms with E-state index in [9.17, 15) is 24.3 Å². The summed E-state index contributed by atoms with van der Waals surface area (Å²) in [6.07, 6.45) is 0.183. The Hall–Kier alpha value is -0.780. The normalized spacial score (nSPS) is 21.1. The van der Waals surface area contributed by atoms with Crippen LogP contribution in [0.4, 0.5) is 0 Å². The number of carboxylic acids is 1. The van der Waals surface area contributed by atoms with Crippen LogP contribution in [0.1, 0.15) is 11.8 Å². The number of β-lactam (4-membered cyclic amide) rings is 1. The van der Waals surface area contributed by atoms with Crippen molar-refractivity contribution in [3.05, 3.63) is 33.7 Å². The Kier molecular flexibility index (Phi) is 8.02. The summed E-state index contributed by atoms with van der Waals surface area (Å²) in [4.78, 5) is 49.3. The van der Waals surface area contributed by atoms with Crippen molar-refractivity contribution in [1.29, 1.82) is 0 Å². The number of amides is 2. The van der Waals surface area contributed by atoms with Crippen molar-refractivity contribution in [2.24, 2.45) is 0 Å². The van der Waals surface area contributed by atoms with E-state index < -0.39 is 23.3 Å². The molecule has 2 atom stereocenters. The summed E-state index contributed by atoms with van der Waals surface area (Å²) in [5.41, 5.74) is 0.319. The van der Waals surface area contributed by atoms with E-state index in [4.69, 9.17) is 0 Å². The van der Waals surface area contributed by atoms with Gasteiger partial charge in [-0.3, -0.25) is 19.3 Å². The standard InChI is InChI=1S/C16H16N2O5S3.Na/c1-8(19)25-6-9-7-26-15-12(14(21)18(15)13(9)16(22)23)17-11(20)5-10-3-2-4-24-10;/h2-4,12,15H,5-7H2,1H3,(H,17,20)(H,22,23);/q;+1/p-1/t12?,15-;/m1./s1. The molecule has 1 N–H and O–H groups in total. The van der Waals surface area contributed by atoms with Crippen LogP contribution in [0.5, 0.6) is 0 Å². The Morgan fingerprint density at radius 1 is 1.41 bits per heavy atom. The molecule has 3 heterocycles. The number of hydrogen-bond acceptors (Lipinski definition) is 8. The zero-order chi connectivity index (χ0) is 18.8. The van der Waals surface area contributed by atoms with Gasteiger partial charge in [-0.05, 0) is 17.0 Å². The number of carboxylic acid groups (broad SMARTS) is 1. The Labute approximate surface area is 190 Å². The largest absolute Gasteiger partial charge is 1.00 e. The van der Waals surface area contributed by atoms with Crippen molar-refractivity contribution in [3.63, 3.8) is 0 Å². The van der Waals surface area contributed by atoms with Crippen molar-refractivity contribution in [1.82, 2.24) is 10.2 Å². The van der Waals surface area contributed by atoms with Gasteiger partial charge in [-0.25, -0.2) is 0 Å². The monoisotopic (exact) mass is 434 g/mol. The fourth-order valence-electron chi connectivity index (χ4n) is 2.77. The second-order valence-electron chi connectivity index (χ2n) is 5.73. The third-order valence-electron chi connectivity index (χ3n) is 3.92. The quantitative estimate of drug-likeness (QED) is 0.375. The fourth-order valence-corrected chi connectivity index (χ4v) is 5.56. The average molecular weight is 434 g/mol. The molecule has 1 saturated heterocycles. The Morgan fingerprint density at radius 2 is 2.15 bits per heavy atom. The average Bonchev–Trinajstić information content (AvgIpc) is 3.09. The number of aliphatic carboxylic acids is 1. The van der Waals surface area contributed by atoms with Gasteiger partial charge in [0.2, 0.25) is 5.91 Å². The summed E-state index contributed by atoms with van der Waals surface area (Å²) in [5.74, 6) is -1.60. The number of fused-ring (bicyclic) bond motifs is 1. The van der Waals surface area contributed by atoms with E-state index in [0.717, 1.165) is 21.5 Å². The molecule has 0 radical (unpaired) electrons. The van der Waals surface area contributed by atoms with Gasteiger partial charge < -0.3 is 15.2 Å². The first-order valence-electron chi connectivity index (χ1n) is 7.71. The zero-order valence-corrected chi connectivity index (χ0v) is 19.2. The van der Waals surface area contributed by atoms with E-state index in [2.05, 4.69) is 5.32 Å². The van der Waals surface area contributed by atoms with Gasteiger partial charge in [0, 0.05) is 23.3 Å². The van der Waals surface area contributed by atoms with Crippen LogP contribution in [-0.2, 0) is 25.6 Å². The van der Waals surface area contributed by atoms with E-state index in [-0.39, 0.29) is 58.5 Å². The molecule has 2 amide bonds. The number of carbonyl (C=O) groups excluding carboxylic acids is 4. The van der Waals surface area contributed by atoms with Crippen LogP contribution in [0.15, 0.2) is 28.8 Å². The molecule has 2 aliphatic rings. The Bertz CT molecular complexity index is 796. The SMILES string of the molecule is CC(=O)SCC1=C(C(=O)[O-])N2C(=O)C(NC(=O)Cc3cccs3)[C@H]2SC1.[Na+]. The van der Waals surface area contributed by atoms with Crippen molar-refractivity contribution >= 4 is 57.8 Å². The second kappa shape index (κ2) is 9.62. The maximum Gasteiger partial charge on any atom is 1.00 e. The Morgan fingerprint density at radius 3 is 2.74 bits per heavy atom. The minimum Gasteiger partial charge on any atom is -0.543 e. The smallest absolute Gasteiger partial charge is 0.543 e. The first-order valence-corrected chi connectivity index (χ1v) is 10.6. The van der Waals surface area contributed by atoms with Crippen LogP contribution in [-0.4, -0.2) is 50.7 Å². The second-order valence-corrected chi connectivity index (χ2v) is 9.02. The van der Waals surface area contributed by atoms with Gasteiger partial charge in [-0.15, -0.1) is 23.1 Å². The van der Waals surface area contributed by atoms with Crippen molar-refractivity contribution in [3.8, 4) is 0 Å². The molecular formula is C16H15N2NaO5S3. The molecule has 1 unspecified atom stereocenters. The predicted octanol–water partition coefficient (Wildman–Crippen LogP) is -3.02. The topological polar surface area (TPSA) is 107 Å². The number of thioether (sulfide) groups is 2. The number of carbonyl (C=O) groups is 4. The van der Waals surface area contributed by atoms with E-state index in [0.29, 0.717) is 11.3 Å². The molecular weight excluding hydrogens is 419 g/mol. The number of hydrogen-bond donors (Lipinski definition) is 1. The molecule has 0 aliphatic carbocycles. The molecule has 2 aliphatic heterocycles. The van der Waals surface area contributed by atoms with Crippen LogP contribution < -0.4 is 40.0 Å². The zero-order valence-electron chi connectivity index (χ0n) is 14.7.